The summed E-state index contributed by atoms with van der Waals surface area (Å²) in [7, 11) is 1.43. The van der Waals surface area contributed by atoms with E-state index in [9.17, 15) is 14.7 Å². The second kappa shape index (κ2) is 8.23. The van der Waals surface area contributed by atoms with Crippen molar-refractivity contribution in [1.29, 1.82) is 5.26 Å². The third kappa shape index (κ3) is 4.43. The average Bonchev–Trinajstić information content (AvgIpc) is 2.61. The summed E-state index contributed by atoms with van der Waals surface area (Å²) in [6.45, 7) is 1.39. The van der Waals surface area contributed by atoms with Crippen molar-refractivity contribution in [2.45, 2.75) is 13.0 Å². The quantitative estimate of drug-likeness (QED) is 0.778. The first-order valence-electron chi connectivity index (χ1n) is 7.44. The third-order valence-electron chi connectivity index (χ3n) is 3.43. The number of nitrogens with zero attached hydrogens (tertiary/aromatic N) is 1. The van der Waals surface area contributed by atoms with Gasteiger partial charge in [0.05, 0.1) is 17.7 Å². The highest BCUT2D eigenvalue weighted by Crippen LogP contribution is 2.24. The van der Waals surface area contributed by atoms with Crippen molar-refractivity contribution in [2.75, 3.05) is 12.4 Å². The number of rotatable bonds is 5. The smallest absolute Gasteiger partial charge is 0.342 e. The molecule has 0 bridgehead atoms. The zero-order chi connectivity index (χ0) is 19.3. The average molecular weight is 375 g/mol. The summed E-state index contributed by atoms with van der Waals surface area (Å²) >= 11 is 5.90. The van der Waals surface area contributed by atoms with Crippen LogP contribution in [0.5, 0.6) is 11.5 Å². The number of phenolic OH excluding ortho intramolecular Hbond substituents is 1. The molecule has 0 radical (unpaired) electrons. The lowest BCUT2D eigenvalue weighted by Crippen LogP contribution is -2.30. The highest BCUT2D eigenvalue weighted by Gasteiger charge is 2.21. The zero-order valence-electron chi connectivity index (χ0n) is 13.9. The summed E-state index contributed by atoms with van der Waals surface area (Å²) in [5.74, 6) is -1.39. The van der Waals surface area contributed by atoms with E-state index in [0.717, 1.165) is 0 Å². The van der Waals surface area contributed by atoms with Gasteiger partial charge < -0.3 is 19.9 Å². The van der Waals surface area contributed by atoms with Crippen LogP contribution >= 0.6 is 11.6 Å². The van der Waals surface area contributed by atoms with Crippen LogP contribution in [-0.2, 0) is 9.53 Å². The second-order valence-corrected chi connectivity index (χ2v) is 5.63. The number of methoxy groups -OCH3 is 1. The molecule has 0 saturated heterocycles. The molecule has 134 valence electrons. The van der Waals surface area contributed by atoms with E-state index in [2.05, 4.69) is 5.32 Å². The number of halogens is 1. The van der Waals surface area contributed by atoms with Crippen LogP contribution < -0.4 is 10.1 Å². The number of anilines is 1. The highest BCUT2D eigenvalue weighted by atomic mass is 35.5. The van der Waals surface area contributed by atoms with Gasteiger partial charge in [-0.1, -0.05) is 11.6 Å². The van der Waals surface area contributed by atoms with E-state index in [0.29, 0.717) is 11.4 Å². The molecule has 7 nitrogen and oxygen atoms in total. The number of amides is 1. The van der Waals surface area contributed by atoms with Gasteiger partial charge in [-0.2, -0.15) is 5.26 Å². The van der Waals surface area contributed by atoms with Gasteiger partial charge in [0.15, 0.2) is 6.10 Å². The van der Waals surface area contributed by atoms with Crippen LogP contribution in [0, 0.1) is 11.3 Å². The summed E-state index contributed by atoms with van der Waals surface area (Å²) < 4.78 is 10.00. The van der Waals surface area contributed by atoms with Gasteiger partial charge in [-0.05, 0) is 37.3 Å². The standard InChI is InChI=1S/C18H15ClN2O5/c1-10(17(23)21-12-4-3-11(9-20)15(19)7-12)26-18(24)14-6-5-13(25-2)8-16(14)22/h3-8,10,22H,1-2H3,(H,21,23)/t10-/m1/s1. The van der Waals surface area contributed by atoms with Crippen molar-refractivity contribution >= 4 is 29.2 Å². The van der Waals surface area contributed by atoms with Gasteiger partial charge in [0.2, 0.25) is 0 Å². The van der Waals surface area contributed by atoms with Gasteiger partial charge in [0, 0.05) is 11.8 Å². The van der Waals surface area contributed by atoms with Crippen molar-refractivity contribution in [1.82, 2.24) is 0 Å². The van der Waals surface area contributed by atoms with Crippen LogP contribution in [0.25, 0.3) is 0 Å². The lowest BCUT2D eigenvalue weighted by Gasteiger charge is -2.14. The summed E-state index contributed by atoms with van der Waals surface area (Å²) in [5, 5.41) is 21.4. The van der Waals surface area contributed by atoms with Gasteiger partial charge in [-0.25, -0.2) is 4.79 Å². The highest BCUT2D eigenvalue weighted by molar-refractivity contribution is 6.32. The predicted molar refractivity (Wildman–Crippen MR) is 94.3 cm³/mol. The Bertz CT molecular complexity index is 892. The molecule has 0 aliphatic heterocycles. The van der Waals surface area contributed by atoms with Crippen LogP contribution in [0.15, 0.2) is 36.4 Å². The van der Waals surface area contributed by atoms with Crippen molar-refractivity contribution in [3.8, 4) is 17.6 Å². The topological polar surface area (TPSA) is 109 Å². The van der Waals surface area contributed by atoms with Gasteiger partial charge in [0.25, 0.3) is 5.91 Å². The molecular weight excluding hydrogens is 360 g/mol. The third-order valence-corrected chi connectivity index (χ3v) is 3.75. The lowest BCUT2D eigenvalue weighted by molar-refractivity contribution is -0.123. The largest absolute Gasteiger partial charge is 0.507 e. The number of phenols is 1. The molecule has 2 aromatic rings. The van der Waals surface area contributed by atoms with E-state index in [1.807, 2.05) is 6.07 Å². The van der Waals surface area contributed by atoms with Crippen molar-refractivity contribution in [3.05, 3.63) is 52.5 Å². The van der Waals surface area contributed by atoms with E-state index in [1.54, 1.807) is 0 Å². The number of nitriles is 1. The van der Waals surface area contributed by atoms with E-state index in [4.69, 9.17) is 26.3 Å². The number of carbonyl (C=O) groups is 2. The molecule has 2 rings (SSSR count). The molecular formula is C18H15ClN2O5. The van der Waals surface area contributed by atoms with Crippen molar-refractivity contribution in [2.24, 2.45) is 0 Å². The molecule has 1 amide bonds. The SMILES string of the molecule is COc1ccc(C(=O)O[C@H](C)C(=O)Nc2ccc(C#N)c(Cl)c2)c(O)c1. The molecule has 0 spiro atoms. The minimum absolute atomic E-state index is 0.0909. The number of aromatic hydroxyl groups is 1. The van der Waals surface area contributed by atoms with Crippen LogP contribution in [0.4, 0.5) is 5.69 Å². The molecule has 0 fully saturated rings. The molecule has 0 heterocycles. The number of nitrogens with one attached hydrogen (secondary N) is 1. The maximum Gasteiger partial charge on any atom is 0.342 e. The molecule has 0 aliphatic rings. The summed E-state index contributed by atoms with van der Waals surface area (Å²) in [5.41, 5.74) is 0.542. The summed E-state index contributed by atoms with van der Waals surface area (Å²) in [6.07, 6.45) is -1.13. The number of carbonyl (C=O) groups excluding carboxylic acids is 2. The minimum atomic E-state index is -1.13. The Kier molecular flexibility index (Phi) is 6.04. The van der Waals surface area contributed by atoms with Crippen molar-refractivity contribution in [3.63, 3.8) is 0 Å². The first kappa shape index (κ1) is 19.1. The van der Waals surface area contributed by atoms with E-state index in [1.165, 1.54) is 50.4 Å². The van der Waals surface area contributed by atoms with E-state index in [-0.39, 0.29) is 21.9 Å². The number of hydrogen-bond acceptors (Lipinski definition) is 6. The van der Waals surface area contributed by atoms with Gasteiger partial charge in [-0.3, -0.25) is 4.79 Å². The fourth-order valence-corrected chi connectivity index (χ4v) is 2.24. The number of benzene rings is 2. The Hall–Kier alpha value is -3.24. The second-order valence-electron chi connectivity index (χ2n) is 5.23. The molecule has 0 unspecified atom stereocenters. The fraction of sp³-hybridized carbons (Fsp3) is 0.167. The molecule has 0 saturated carbocycles. The Morgan fingerprint density at radius 3 is 2.58 bits per heavy atom. The number of ether oxygens (including phenoxy) is 2. The summed E-state index contributed by atoms with van der Waals surface area (Å²) in [4.78, 5) is 24.3. The fourth-order valence-electron chi connectivity index (χ4n) is 2.02. The van der Waals surface area contributed by atoms with Crippen LogP contribution in [0.2, 0.25) is 5.02 Å². The molecule has 0 aromatic heterocycles. The van der Waals surface area contributed by atoms with E-state index < -0.39 is 18.0 Å². The molecule has 2 N–H and O–H groups in total. The Balaban J connectivity index is 2.03. The maximum absolute atomic E-state index is 12.2. The molecule has 26 heavy (non-hydrogen) atoms. The Labute approximate surface area is 154 Å². The first-order chi connectivity index (χ1) is 12.3. The Morgan fingerprint density at radius 2 is 2.00 bits per heavy atom. The van der Waals surface area contributed by atoms with Crippen LogP contribution in [0.3, 0.4) is 0 Å². The molecule has 2 aromatic carbocycles. The molecule has 8 heteroatoms. The number of esters is 1. The minimum Gasteiger partial charge on any atom is -0.507 e. The van der Waals surface area contributed by atoms with Gasteiger partial charge in [-0.15, -0.1) is 0 Å². The zero-order valence-corrected chi connectivity index (χ0v) is 14.7. The first-order valence-corrected chi connectivity index (χ1v) is 7.82. The van der Waals surface area contributed by atoms with E-state index >= 15 is 0 Å². The summed E-state index contributed by atoms with van der Waals surface area (Å²) in [6, 6.07) is 10.4. The van der Waals surface area contributed by atoms with Crippen LogP contribution in [-0.4, -0.2) is 30.2 Å². The molecule has 0 aliphatic carbocycles. The monoisotopic (exact) mass is 374 g/mol. The maximum atomic E-state index is 12.2. The van der Waals surface area contributed by atoms with Gasteiger partial charge in [0.1, 0.15) is 23.1 Å². The Morgan fingerprint density at radius 1 is 1.27 bits per heavy atom. The van der Waals surface area contributed by atoms with Gasteiger partial charge >= 0.3 is 5.97 Å². The van der Waals surface area contributed by atoms with Crippen molar-refractivity contribution < 1.29 is 24.2 Å². The molecule has 1 atom stereocenters. The number of hydrogen-bond donors (Lipinski definition) is 2. The lowest BCUT2D eigenvalue weighted by atomic mass is 10.2. The normalized spacial score (nSPS) is 11.2. The van der Waals surface area contributed by atoms with Crippen LogP contribution in [0.1, 0.15) is 22.8 Å². The predicted octanol–water partition coefficient (Wildman–Crippen LogP) is 3.11.